The average molecular weight is 278 g/mol. The van der Waals surface area contributed by atoms with Crippen molar-refractivity contribution >= 4 is 5.91 Å². The predicted octanol–water partition coefficient (Wildman–Crippen LogP) is 1.86. The van der Waals surface area contributed by atoms with Gasteiger partial charge in [-0.25, -0.2) is 0 Å². The topological polar surface area (TPSA) is 55.1 Å². The molecule has 0 aliphatic carbocycles. The maximum Gasteiger partial charge on any atom is 0.296 e. The molecule has 3 nitrogen and oxygen atoms in total. The first-order chi connectivity index (χ1) is 10.3. The third kappa shape index (κ3) is 5.13. The molecular weight excluding hydrogens is 260 g/mol. The molecule has 106 valence electrons. The number of rotatable bonds is 4. The van der Waals surface area contributed by atoms with Crippen LogP contribution in [0, 0.1) is 11.8 Å². The lowest BCUT2D eigenvalue weighted by molar-refractivity contribution is -0.115. The molecule has 0 fully saturated rings. The molecule has 0 unspecified atom stereocenters. The van der Waals surface area contributed by atoms with E-state index in [4.69, 9.17) is 5.73 Å². The minimum Gasteiger partial charge on any atom is -0.341 e. The summed E-state index contributed by atoms with van der Waals surface area (Å²) in [6.07, 6.45) is 0.870. The molecule has 0 aliphatic rings. The third-order valence-electron chi connectivity index (χ3n) is 3.00. The van der Waals surface area contributed by atoms with Crippen LogP contribution in [0.1, 0.15) is 16.7 Å². The average Bonchev–Trinajstić information content (AvgIpc) is 2.53. The largest absolute Gasteiger partial charge is 0.341 e. The molecule has 0 heterocycles. The highest BCUT2D eigenvalue weighted by molar-refractivity contribution is 5.94. The molecular formula is C18H18N2O. The van der Waals surface area contributed by atoms with Crippen molar-refractivity contribution in [1.82, 2.24) is 5.32 Å². The molecule has 0 radical (unpaired) electrons. The van der Waals surface area contributed by atoms with Gasteiger partial charge in [0.25, 0.3) is 5.91 Å². The molecule has 0 saturated heterocycles. The van der Waals surface area contributed by atoms with Crippen LogP contribution in [0.25, 0.3) is 0 Å². The molecule has 0 aliphatic heterocycles. The summed E-state index contributed by atoms with van der Waals surface area (Å²) in [6.45, 7) is 1.12. The Morgan fingerprint density at radius 1 is 1.00 bits per heavy atom. The highest BCUT2D eigenvalue weighted by atomic mass is 16.1. The molecule has 3 N–H and O–H groups in total. The van der Waals surface area contributed by atoms with E-state index < -0.39 is 0 Å². The van der Waals surface area contributed by atoms with Crippen molar-refractivity contribution in [2.75, 3.05) is 6.54 Å². The minimum absolute atomic E-state index is 0.273. The Hall–Kier alpha value is -2.57. The molecule has 0 spiro atoms. The van der Waals surface area contributed by atoms with Gasteiger partial charge in [-0.2, -0.15) is 0 Å². The van der Waals surface area contributed by atoms with Crippen LogP contribution < -0.4 is 11.1 Å². The van der Waals surface area contributed by atoms with Crippen LogP contribution in [-0.4, -0.2) is 12.5 Å². The summed E-state index contributed by atoms with van der Waals surface area (Å²) in [5.41, 5.74) is 8.59. The minimum atomic E-state index is -0.273. The second kappa shape index (κ2) is 7.88. The summed E-state index contributed by atoms with van der Waals surface area (Å²) in [7, 11) is 0. The van der Waals surface area contributed by atoms with Gasteiger partial charge in [0, 0.05) is 18.0 Å². The lowest BCUT2D eigenvalue weighted by Crippen LogP contribution is -2.20. The summed E-state index contributed by atoms with van der Waals surface area (Å²) in [5, 5.41) is 2.78. The maximum absolute atomic E-state index is 11.7. The van der Waals surface area contributed by atoms with E-state index in [-0.39, 0.29) is 5.91 Å². The van der Waals surface area contributed by atoms with Crippen LogP contribution in [0.3, 0.4) is 0 Å². The van der Waals surface area contributed by atoms with Gasteiger partial charge in [-0.1, -0.05) is 48.4 Å². The Labute approximate surface area is 125 Å². The Morgan fingerprint density at radius 2 is 1.67 bits per heavy atom. The number of nitrogens with two attached hydrogens (primary N) is 1. The third-order valence-corrected chi connectivity index (χ3v) is 3.00. The molecule has 2 aromatic carbocycles. The maximum atomic E-state index is 11.7. The van der Waals surface area contributed by atoms with Crippen LogP contribution in [-0.2, 0) is 17.8 Å². The number of benzene rings is 2. The molecule has 0 atom stereocenters. The summed E-state index contributed by atoms with van der Waals surface area (Å²) >= 11 is 0. The molecule has 0 saturated carbocycles. The van der Waals surface area contributed by atoms with Gasteiger partial charge in [0.15, 0.2) is 0 Å². The van der Waals surface area contributed by atoms with Gasteiger partial charge in [-0.3, -0.25) is 4.79 Å². The highest BCUT2D eigenvalue weighted by Gasteiger charge is 1.97. The zero-order chi connectivity index (χ0) is 14.9. The second-order valence-electron chi connectivity index (χ2n) is 4.65. The highest BCUT2D eigenvalue weighted by Crippen LogP contribution is 2.04. The van der Waals surface area contributed by atoms with Gasteiger partial charge < -0.3 is 11.1 Å². The van der Waals surface area contributed by atoms with Gasteiger partial charge in [0.05, 0.1) is 0 Å². The van der Waals surface area contributed by atoms with Gasteiger partial charge in [-0.05, 0) is 36.2 Å². The number of amides is 1. The fraction of sp³-hybridized carbons (Fsp3) is 0.167. The zero-order valence-electron chi connectivity index (χ0n) is 11.8. The second-order valence-corrected chi connectivity index (χ2v) is 4.65. The SMILES string of the molecule is NCCc1ccc(CNC(=O)C#Cc2ccccc2)cc1. The Kier molecular flexibility index (Phi) is 5.57. The van der Waals surface area contributed by atoms with Crippen LogP contribution >= 0.6 is 0 Å². The van der Waals surface area contributed by atoms with Crippen LogP contribution in [0.2, 0.25) is 0 Å². The summed E-state index contributed by atoms with van der Waals surface area (Å²) in [4.78, 5) is 11.7. The summed E-state index contributed by atoms with van der Waals surface area (Å²) in [6, 6.07) is 17.5. The fourth-order valence-corrected chi connectivity index (χ4v) is 1.87. The van der Waals surface area contributed by atoms with Crippen LogP contribution in [0.5, 0.6) is 0 Å². The molecule has 21 heavy (non-hydrogen) atoms. The fourth-order valence-electron chi connectivity index (χ4n) is 1.87. The monoisotopic (exact) mass is 278 g/mol. The van der Waals surface area contributed by atoms with E-state index >= 15 is 0 Å². The van der Waals surface area contributed by atoms with Gasteiger partial charge in [-0.15, -0.1) is 0 Å². The standard InChI is InChI=1S/C18H18N2O/c19-13-12-16-6-8-17(9-7-16)14-20-18(21)11-10-15-4-2-1-3-5-15/h1-9H,12-14,19H2,(H,20,21). The molecule has 1 amide bonds. The van der Waals surface area contributed by atoms with Crippen molar-refractivity contribution in [2.24, 2.45) is 5.73 Å². The number of hydrogen-bond donors (Lipinski definition) is 2. The first-order valence-corrected chi connectivity index (χ1v) is 6.91. The smallest absolute Gasteiger partial charge is 0.296 e. The van der Waals surface area contributed by atoms with E-state index in [1.54, 1.807) is 0 Å². The first kappa shape index (κ1) is 14.8. The lowest BCUT2D eigenvalue weighted by atomic mass is 10.1. The van der Waals surface area contributed by atoms with E-state index in [1.807, 2.05) is 54.6 Å². The Bertz CT molecular complexity index is 636. The number of nitrogens with one attached hydrogen (secondary N) is 1. The van der Waals surface area contributed by atoms with Crippen LogP contribution in [0.15, 0.2) is 54.6 Å². The predicted molar refractivity (Wildman–Crippen MR) is 84.4 cm³/mol. The zero-order valence-corrected chi connectivity index (χ0v) is 11.8. The Balaban J connectivity index is 1.85. The van der Waals surface area contributed by atoms with Crippen molar-refractivity contribution in [3.05, 3.63) is 71.3 Å². The summed E-state index contributed by atoms with van der Waals surface area (Å²) < 4.78 is 0. The molecule has 0 bridgehead atoms. The van der Waals surface area contributed by atoms with Crippen molar-refractivity contribution < 1.29 is 4.79 Å². The van der Waals surface area contributed by atoms with Crippen molar-refractivity contribution in [3.63, 3.8) is 0 Å². The van der Waals surface area contributed by atoms with E-state index in [9.17, 15) is 4.79 Å². The number of carbonyl (C=O) groups is 1. The van der Waals surface area contributed by atoms with E-state index in [1.165, 1.54) is 5.56 Å². The van der Waals surface area contributed by atoms with E-state index in [0.717, 1.165) is 17.5 Å². The van der Waals surface area contributed by atoms with Crippen LogP contribution in [0.4, 0.5) is 0 Å². The quantitative estimate of drug-likeness (QED) is 0.839. The van der Waals surface area contributed by atoms with Gasteiger partial charge in [0.1, 0.15) is 0 Å². The molecule has 2 aromatic rings. The van der Waals surface area contributed by atoms with Gasteiger partial charge in [0.2, 0.25) is 0 Å². The van der Waals surface area contributed by atoms with Gasteiger partial charge >= 0.3 is 0 Å². The van der Waals surface area contributed by atoms with E-state index in [2.05, 4.69) is 17.2 Å². The Morgan fingerprint density at radius 3 is 2.33 bits per heavy atom. The van der Waals surface area contributed by atoms with Crippen molar-refractivity contribution in [2.45, 2.75) is 13.0 Å². The van der Waals surface area contributed by atoms with Crippen molar-refractivity contribution in [1.29, 1.82) is 0 Å². The first-order valence-electron chi connectivity index (χ1n) is 6.91. The normalized spacial score (nSPS) is 9.57. The molecule has 2 rings (SSSR count). The molecule has 3 heteroatoms. The summed E-state index contributed by atoms with van der Waals surface area (Å²) in [5.74, 6) is 5.14. The van der Waals surface area contributed by atoms with E-state index in [0.29, 0.717) is 13.1 Å². The number of hydrogen-bond acceptors (Lipinski definition) is 2. The van der Waals surface area contributed by atoms with Crippen molar-refractivity contribution in [3.8, 4) is 11.8 Å². The lowest BCUT2D eigenvalue weighted by Gasteiger charge is -2.03. The molecule has 0 aromatic heterocycles. The number of carbonyl (C=O) groups excluding carboxylic acids is 1.